The summed E-state index contributed by atoms with van der Waals surface area (Å²) >= 11 is 0. The second kappa shape index (κ2) is 7.49. The van der Waals surface area contributed by atoms with Gasteiger partial charge in [0, 0.05) is 25.0 Å². The maximum atomic E-state index is 12.9. The summed E-state index contributed by atoms with van der Waals surface area (Å²) in [5.41, 5.74) is 7.24. The Morgan fingerprint density at radius 1 is 1.06 bits per heavy atom. The van der Waals surface area contributed by atoms with Crippen LogP contribution in [-0.4, -0.2) is 35.6 Å². The molecule has 0 radical (unpaired) electrons. The van der Waals surface area contributed by atoms with Gasteiger partial charge in [-0.25, -0.2) is 0 Å². The monoisotopic (exact) mass is 415 g/mol. The quantitative estimate of drug-likeness (QED) is 0.681. The summed E-state index contributed by atoms with van der Waals surface area (Å²) in [5.74, 6) is 1.01. The third kappa shape index (κ3) is 3.29. The first-order valence-corrected chi connectivity index (χ1v) is 11.0. The van der Waals surface area contributed by atoms with Gasteiger partial charge in [0.25, 0.3) is 0 Å². The lowest BCUT2D eigenvalue weighted by atomic mass is 9.81. The first-order chi connectivity index (χ1) is 15.0. The molecule has 2 aromatic carbocycles. The number of ether oxygens (including phenoxy) is 1. The summed E-state index contributed by atoms with van der Waals surface area (Å²) < 4.78 is 7.56. The number of nitrogens with one attached hydrogen (secondary N) is 1. The van der Waals surface area contributed by atoms with Crippen molar-refractivity contribution in [3.05, 3.63) is 77.1 Å². The highest BCUT2D eigenvalue weighted by Crippen LogP contribution is 2.44. The average Bonchev–Trinajstić information content (AvgIpc) is 3.28. The van der Waals surface area contributed by atoms with Crippen LogP contribution in [-0.2, 0) is 16.8 Å². The van der Waals surface area contributed by atoms with Gasteiger partial charge in [0.05, 0.1) is 30.4 Å². The Kier molecular flexibility index (Phi) is 4.77. The van der Waals surface area contributed by atoms with Crippen LogP contribution in [0, 0.1) is 13.8 Å². The third-order valence-electron chi connectivity index (χ3n) is 7.04. The minimum absolute atomic E-state index is 0.130. The minimum atomic E-state index is -0.130. The second-order valence-corrected chi connectivity index (χ2v) is 8.78. The van der Waals surface area contributed by atoms with Crippen molar-refractivity contribution in [3.8, 4) is 11.4 Å². The molecule has 3 aromatic rings. The molecule has 2 aliphatic heterocycles. The largest absolute Gasteiger partial charge is 0.497 e. The Labute approximate surface area is 183 Å². The number of hydrogen-bond donors (Lipinski definition) is 1. The molecule has 1 N–H and O–H groups in total. The zero-order valence-corrected chi connectivity index (χ0v) is 18.4. The number of anilines is 1. The molecule has 0 atom stereocenters. The number of benzene rings is 2. The molecular weight excluding hydrogens is 386 g/mol. The summed E-state index contributed by atoms with van der Waals surface area (Å²) in [7, 11) is 1.65. The van der Waals surface area contributed by atoms with Crippen molar-refractivity contribution in [1.82, 2.24) is 9.47 Å². The molecule has 3 heterocycles. The SMILES string of the molecule is COc1ccc(CC(=O)N2CCC3(CC2)Nc2ccc(C)c(C)c2-n2cccc23)cc1. The van der Waals surface area contributed by atoms with Crippen molar-refractivity contribution < 1.29 is 9.53 Å². The molecule has 5 heteroatoms. The fourth-order valence-corrected chi connectivity index (χ4v) is 5.05. The van der Waals surface area contributed by atoms with Crippen LogP contribution in [0.3, 0.4) is 0 Å². The Bertz CT molecular complexity index is 1120. The number of aryl methyl sites for hydroxylation is 1. The number of aromatic nitrogens is 1. The Morgan fingerprint density at radius 2 is 1.81 bits per heavy atom. The lowest BCUT2D eigenvalue weighted by molar-refractivity contribution is -0.132. The number of carbonyl (C=O) groups excluding carboxylic acids is 1. The van der Waals surface area contributed by atoms with Gasteiger partial charge in [-0.2, -0.15) is 0 Å². The fourth-order valence-electron chi connectivity index (χ4n) is 5.05. The maximum Gasteiger partial charge on any atom is 0.226 e. The molecule has 5 rings (SSSR count). The molecular formula is C26H29N3O2. The Morgan fingerprint density at radius 3 is 2.52 bits per heavy atom. The van der Waals surface area contributed by atoms with Gasteiger partial charge < -0.3 is 19.5 Å². The van der Waals surface area contributed by atoms with Gasteiger partial charge in [0.15, 0.2) is 0 Å². The van der Waals surface area contributed by atoms with Crippen LogP contribution in [0.1, 0.15) is 35.2 Å². The van der Waals surface area contributed by atoms with Crippen molar-refractivity contribution in [1.29, 1.82) is 0 Å². The van der Waals surface area contributed by atoms with Crippen LogP contribution in [0.5, 0.6) is 5.75 Å². The Hall–Kier alpha value is -3.21. The van der Waals surface area contributed by atoms with E-state index < -0.39 is 0 Å². The van der Waals surface area contributed by atoms with Crippen molar-refractivity contribution in [2.24, 2.45) is 0 Å². The molecule has 0 saturated carbocycles. The average molecular weight is 416 g/mol. The summed E-state index contributed by atoms with van der Waals surface area (Å²) in [6.07, 6.45) is 4.40. The van der Waals surface area contributed by atoms with E-state index in [0.717, 1.165) is 37.2 Å². The highest BCUT2D eigenvalue weighted by Gasteiger charge is 2.42. The van der Waals surface area contributed by atoms with Gasteiger partial charge >= 0.3 is 0 Å². The molecule has 1 fully saturated rings. The maximum absolute atomic E-state index is 12.9. The van der Waals surface area contributed by atoms with Gasteiger partial charge in [-0.15, -0.1) is 0 Å². The number of nitrogens with zero attached hydrogens (tertiary/aromatic N) is 2. The van der Waals surface area contributed by atoms with E-state index in [1.54, 1.807) is 7.11 Å². The highest BCUT2D eigenvalue weighted by atomic mass is 16.5. The van der Waals surface area contributed by atoms with E-state index >= 15 is 0 Å². The van der Waals surface area contributed by atoms with Crippen LogP contribution < -0.4 is 10.1 Å². The predicted molar refractivity (Wildman–Crippen MR) is 123 cm³/mol. The van der Waals surface area contributed by atoms with Gasteiger partial charge in [-0.3, -0.25) is 4.79 Å². The lowest BCUT2D eigenvalue weighted by Crippen LogP contribution is -2.51. The minimum Gasteiger partial charge on any atom is -0.497 e. The first-order valence-electron chi connectivity index (χ1n) is 11.0. The molecule has 1 saturated heterocycles. The Balaban J connectivity index is 1.34. The van der Waals surface area contributed by atoms with Gasteiger partial charge in [-0.1, -0.05) is 18.2 Å². The van der Waals surface area contributed by atoms with Crippen LogP contribution >= 0.6 is 0 Å². The van der Waals surface area contributed by atoms with Crippen LogP contribution in [0.4, 0.5) is 5.69 Å². The fraction of sp³-hybridized carbons (Fsp3) is 0.346. The molecule has 0 bridgehead atoms. The number of piperidine rings is 1. The van der Waals surface area contributed by atoms with Crippen molar-refractivity contribution >= 4 is 11.6 Å². The second-order valence-electron chi connectivity index (χ2n) is 8.78. The standard InChI is InChI=1S/C26H29N3O2/c1-18-6-11-22-25(19(18)2)29-14-4-5-23(29)26(27-22)12-15-28(16-13-26)24(30)17-20-7-9-21(31-3)10-8-20/h4-11,14,27H,12-13,15-17H2,1-3H3. The van der Waals surface area contributed by atoms with Crippen molar-refractivity contribution in [2.45, 2.75) is 38.6 Å². The number of methoxy groups -OCH3 is 1. The zero-order valence-electron chi connectivity index (χ0n) is 18.4. The van der Waals surface area contributed by atoms with E-state index in [2.05, 4.69) is 54.2 Å². The van der Waals surface area contributed by atoms with E-state index in [0.29, 0.717) is 6.42 Å². The van der Waals surface area contributed by atoms with Gasteiger partial charge in [-0.05, 0) is 73.7 Å². The topological polar surface area (TPSA) is 46.5 Å². The summed E-state index contributed by atoms with van der Waals surface area (Å²) in [6.45, 7) is 5.87. The van der Waals surface area contributed by atoms with E-state index in [-0.39, 0.29) is 11.4 Å². The van der Waals surface area contributed by atoms with Gasteiger partial charge in [0.1, 0.15) is 5.75 Å². The number of likely N-dealkylation sites (tertiary alicyclic amines) is 1. The van der Waals surface area contributed by atoms with Crippen LogP contribution in [0.25, 0.3) is 5.69 Å². The van der Waals surface area contributed by atoms with Crippen molar-refractivity contribution in [2.75, 3.05) is 25.5 Å². The number of fused-ring (bicyclic) bond motifs is 4. The van der Waals surface area contributed by atoms with Gasteiger partial charge in [0.2, 0.25) is 5.91 Å². The molecule has 0 unspecified atom stereocenters. The van der Waals surface area contributed by atoms with E-state index in [4.69, 9.17) is 4.74 Å². The molecule has 1 spiro atoms. The number of hydrogen-bond acceptors (Lipinski definition) is 3. The molecule has 31 heavy (non-hydrogen) atoms. The van der Waals surface area contributed by atoms with E-state index in [1.165, 1.54) is 28.2 Å². The molecule has 0 aliphatic carbocycles. The zero-order chi connectivity index (χ0) is 21.6. The number of carbonyl (C=O) groups is 1. The summed E-state index contributed by atoms with van der Waals surface area (Å²) in [5, 5.41) is 3.87. The molecule has 5 nitrogen and oxygen atoms in total. The summed E-state index contributed by atoms with van der Waals surface area (Å²) in [6, 6.07) is 16.5. The number of amides is 1. The van der Waals surface area contributed by atoms with E-state index in [1.807, 2.05) is 29.2 Å². The predicted octanol–water partition coefficient (Wildman–Crippen LogP) is 4.59. The first kappa shape index (κ1) is 19.7. The van der Waals surface area contributed by atoms with Crippen LogP contribution in [0.15, 0.2) is 54.7 Å². The molecule has 2 aliphatic rings. The third-order valence-corrected chi connectivity index (χ3v) is 7.04. The summed E-state index contributed by atoms with van der Waals surface area (Å²) in [4.78, 5) is 15.0. The molecule has 1 amide bonds. The smallest absolute Gasteiger partial charge is 0.226 e. The molecule has 1 aromatic heterocycles. The number of rotatable bonds is 3. The van der Waals surface area contributed by atoms with Crippen molar-refractivity contribution in [3.63, 3.8) is 0 Å². The van der Waals surface area contributed by atoms with E-state index in [9.17, 15) is 4.79 Å². The highest BCUT2D eigenvalue weighted by molar-refractivity contribution is 5.79. The normalized spacial score (nSPS) is 16.4. The lowest BCUT2D eigenvalue weighted by Gasteiger charge is -2.46. The van der Waals surface area contributed by atoms with Crippen LogP contribution in [0.2, 0.25) is 0 Å². The molecule has 160 valence electrons.